The molecule has 2 saturated heterocycles. The zero-order valence-electron chi connectivity index (χ0n) is 16.3. The summed E-state index contributed by atoms with van der Waals surface area (Å²) < 4.78 is 11.1. The molecule has 0 spiro atoms. The molecule has 0 radical (unpaired) electrons. The van der Waals surface area contributed by atoms with Gasteiger partial charge in [0.25, 0.3) is 0 Å². The maximum atomic E-state index is 5.71. The van der Waals surface area contributed by atoms with Crippen LogP contribution in [0.5, 0.6) is 0 Å². The average molecular weight is 383 g/mol. The number of anilines is 2. The van der Waals surface area contributed by atoms with E-state index in [4.69, 9.17) is 14.5 Å². The number of morpholine rings is 1. The lowest BCUT2D eigenvalue weighted by molar-refractivity contribution is 0.0398. The Labute approximate surface area is 166 Å². The van der Waals surface area contributed by atoms with E-state index in [0.29, 0.717) is 5.95 Å². The summed E-state index contributed by atoms with van der Waals surface area (Å²) >= 11 is 0. The van der Waals surface area contributed by atoms with Crippen molar-refractivity contribution in [2.45, 2.75) is 18.9 Å². The van der Waals surface area contributed by atoms with Crippen LogP contribution in [0.4, 0.5) is 11.8 Å². The summed E-state index contributed by atoms with van der Waals surface area (Å²) in [7, 11) is 0. The zero-order chi connectivity index (χ0) is 19.0. The van der Waals surface area contributed by atoms with Gasteiger partial charge in [0, 0.05) is 51.0 Å². The quantitative estimate of drug-likeness (QED) is 0.726. The molecule has 4 rings (SSSR count). The molecule has 7 heteroatoms. The van der Waals surface area contributed by atoms with Gasteiger partial charge in [-0.25, -0.2) is 4.98 Å². The molecule has 2 fully saturated rings. The second-order valence-electron chi connectivity index (χ2n) is 7.22. The van der Waals surface area contributed by atoms with E-state index < -0.39 is 0 Å². The summed E-state index contributed by atoms with van der Waals surface area (Å²) in [6.07, 6.45) is 2.52. The number of aromatic nitrogens is 2. The number of rotatable bonds is 8. The molecule has 0 bridgehead atoms. The highest BCUT2D eigenvalue weighted by Crippen LogP contribution is 2.22. The van der Waals surface area contributed by atoms with E-state index in [1.165, 1.54) is 0 Å². The molecule has 1 atom stereocenters. The summed E-state index contributed by atoms with van der Waals surface area (Å²) in [5, 5.41) is 6.83. The van der Waals surface area contributed by atoms with Crippen LogP contribution in [0.3, 0.4) is 0 Å². The molecule has 0 saturated carbocycles. The van der Waals surface area contributed by atoms with Crippen molar-refractivity contribution in [3.05, 3.63) is 36.4 Å². The summed E-state index contributed by atoms with van der Waals surface area (Å²) in [5.41, 5.74) is 2.00. The van der Waals surface area contributed by atoms with E-state index in [-0.39, 0.29) is 6.10 Å². The second kappa shape index (κ2) is 9.82. The Balaban J connectivity index is 1.43. The SMILES string of the molecule is c1ccc(-c2cc(NCC3CCCO3)nc(NCCN3CCOCC3)n2)cc1. The Hall–Kier alpha value is -2.22. The topological polar surface area (TPSA) is 71.5 Å². The fraction of sp³-hybridized carbons (Fsp3) is 0.524. The maximum Gasteiger partial charge on any atom is 0.225 e. The molecule has 150 valence electrons. The van der Waals surface area contributed by atoms with Gasteiger partial charge in [-0.1, -0.05) is 30.3 Å². The van der Waals surface area contributed by atoms with Gasteiger partial charge >= 0.3 is 0 Å². The van der Waals surface area contributed by atoms with Gasteiger partial charge in [-0.15, -0.1) is 0 Å². The number of benzene rings is 1. The first-order valence-electron chi connectivity index (χ1n) is 10.2. The average Bonchev–Trinajstić information content (AvgIpc) is 3.27. The first kappa shape index (κ1) is 19.1. The number of ether oxygens (including phenoxy) is 2. The van der Waals surface area contributed by atoms with E-state index in [2.05, 4.69) is 32.7 Å². The van der Waals surface area contributed by atoms with E-state index in [1.54, 1.807) is 0 Å². The lowest BCUT2D eigenvalue weighted by Crippen LogP contribution is -2.39. The normalized spacial score (nSPS) is 20.2. The van der Waals surface area contributed by atoms with Crippen molar-refractivity contribution in [1.82, 2.24) is 14.9 Å². The van der Waals surface area contributed by atoms with Crippen molar-refractivity contribution in [1.29, 1.82) is 0 Å². The Bertz CT molecular complexity index is 731. The fourth-order valence-corrected chi connectivity index (χ4v) is 3.55. The van der Waals surface area contributed by atoms with Gasteiger partial charge in [0.2, 0.25) is 5.95 Å². The highest BCUT2D eigenvalue weighted by Gasteiger charge is 2.16. The summed E-state index contributed by atoms with van der Waals surface area (Å²) in [4.78, 5) is 11.8. The van der Waals surface area contributed by atoms with E-state index >= 15 is 0 Å². The van der Waals surface area contributed by atoms with Crippen molar-refractivity contribution in [2.75, 3.05) is 63.2 Å². The smallest absolute Gasteiger partial charge is 0.225 e. The van der Waals surface area contributed by atoms with E-state index in [9.17, 15) is 0 Å². The molecule has 1 unspecified atom stereocenters. The number of nitrogens with one attached hydrogen (secondary N) is 2. The highest BCUT2D eigenvalue weighted by atomic mass is 16.5. The van der Waals surface area contributed by atoms with Crippen molar-refractivity contribution in [2.24, 2.45) is 0 Å². The molecule has 2 aromatic rings. The van der Waals surface area contributed by atoms with Gasteiger partial charge in [-0.2, -0.15) is 4.98 Å². The predicted molar refractivity (Wildman–Crippen MR) is 111 cm³/mol. The van der Waals surface area contributed by atoms with Crippen LogP contribution in [0, 0.1) is 0 Å². The molecule has 2 N–H and O–H groups in total. The molecule has 0 amide bonds. The van der Waals surface area contributed by atoms with Gasteiger partial charge in [0.1, 0.15) is 5.82 Å². The van der Waals surface area contributed by atoms with Crippen LogP contribution in [0.15, 0.2) is 36.4 Å². The third kappa shape index (κ3) is 5.41. The van der Waals surface area contributed by atoms with Gasteiger partial charge in [-0.05, 0) is 12.8 Å². The van der Waals surface area contributed by atoms with Gasteiger partial charge in [0.15, 0.2) is 0 Å². The van der Waals surface area contributed by atoms with Crippen LogP contribution in [0.25, 0.3) is 11.3 Å². The Morgan fingerprint density at radius 1 is 1.04 bits per heavy atom. The van der Waals surface area contributed by atoms with Crippen LogP contribution in [-0.4, -0.2) is 73.5 Å². The van der Waals surface area contributed by atoms with Crippen molar-refractivity contribution in [3.63, 3.8) is 0 Å². The van der Waals surface area contributed by atoms with E-state index in [0.717, 1.165) is 82.5 Å². The van der Waals surface area contributed by atoms with Gasteiger partial charge in [0.05, 0.1) is 25.0 Å². The molecule has 0 aliphatic carbocycles. The Morgan fingerprint density at radius 2 is 1.89 bits per heavy atom. The van der Waals surface area contributed by atoms with Crippen LogP contribution in [0.1, 0.15) is 12.8 Å². The van der Waals surface area contributed by atoms with E-state index in [1.807, 2.05) is 24.3 Å². The predicted octanol–water partition coefficient (Wildman–Crippen LogP) is 2.48. The summed E-state index contributed by atoms with van der Waals surface area (Å²) in [6.45, 7) is 7.01. The van der Waals surface area contributed by atoms with Crippen LogP contribution >= 0.6 is 0 Å². The number of nitrogens with zero attached hydrogens (tertiary/aromatic N) is 3. The minimum absolute atomic E-state index is 0.271. The van der Waals surface area contributed by atoms with Crippen molar-refractivity contribution >= 4 is 11.8 Å². The molecular weight excluding hydrogens is 354 g/mol. The first-order chi connectivity index (χ1) is 13.9. The monoisotopic (exact) mass is 383 g/mol. The Morgan fingerprint density at radius 3 is 2.68 bits per heavy atom. The third-order valence-corrected chi connectivity index (χ3v) is 5.15. The molecule has 28 heavy (non-hydrogen) atoms. The molecule has 3 heterocycles. The lowest BCUT2D eigenvalue weighted by Gasteiger charge is -2.26. The van der Waals surface area contributed by atoms with Crippen molar-refractivity contribution in [3.8, 4) is 11.3 Å². The second-order valence-corrected chi connectivity index (χ2v) is 7.22. The zero-order valence-corrected chi connectivity index (χ0v) is 16.3. The van der Waals surface area contributed by atoms with Crippen LogP contribution < -0.4 is 10.6 Å². The van der Waals surface area contributed by atoms with Crippen LogP contribution in [0.2, 0.25) is 0 Å². The minimum Gasteiger partial charge on any atom is -0.379 e. The van der Waals surface area contributed by atoms with Gasteiger partial charge in [-0.3, -0.25) is 4.90 Å². The standard InChI is InChI=1S/C21H29N5O2/c1-2-5-17(6-3-1)19-15-20(23-16-18-7-4-12-28-18)25-21(24-19)22-8-9-26-10-13-27-14-11-26/h1-3,5-6,15,18H,4,7-14,16H2,(H2,22,23,24,25). The fourth-order valence-electron chi connectivity index (χ4n) is 3.55. The molecular formula is C21H29N5O2. The number of hydrogen-bond acceptors (Lipinski definition) is 7. The Kier molecular flexibility index (Phi) is 6.70. The highest BCUT2D eigenvalue weighted by molar-refractivity contribution is 5.64. The summed E-state index contributed by atoms with van der Waals surface area (Å²) in [6, 6.07) is 12.2. The molecule has 2 aliphatic rings. The molecule has 1 aromatic carbocycles. The third-order valence-electron chi connectivity index (χ3n) is 5.15. The number of hydrogen-bond donors (Lipinski definition) is 2. The first-order valence-corrected chi connectivity index (χ1v) is 10.2. The molecule has 1 aromatic heterocycles. The van der Waals surface area contributed by atoms with Crippen molar-refractivity contribution < 1.29 is 9.47 Å². The maximum absolute atomic E-state index is 5.71. The van der Waals surface area contributed by atoms with Crippen LogP contribution in [-0.2, 0) is 9.47 Å². The minimum atomic E-state index is 0.271. The lowest BCUT2D eigenvalue weighted by atomic mass is 10.1. The molecule has 2 aliphatic heterocycles. The largest absolute Gasteiger partial charge is 0.379 e. The van der Waals surface area contributed by atoms with Gasteiger partial charge < -0.3 is 20.1 Å². The summed E-state index contributed by atoms with van der Waals surface area (Å²) in [5.74, 6) is 1.49. The molecule has 7 nitrogen and oxygen atoms in total.